The number of aliphatic hydroxyl groups is 1. The molecule has 2 saturated heterocycles. The number of carbonyl (C=O) groups is 2. The molecule has 0 saturated carbocycles. The van der Waals surface area contributed by atoms with Gasteiger partial charge < -0.3 is 20.6 Å². The van der Waals surface area contributed by atoms with Crippen molar-refractivity contribution < 1.29 is 24.9 Å². The van der Waals surface area contributed by atoms with E-state index in [1.54, 1.807) is 0 Å². The number of nitrogens with one attached hydrogen (secondary N) is 1. The third-order valence-corrected chi connectivity index (χ3v) is 2.64. The number of piperazine rings is 1. The number of hydrogen-bond donors (Lipinski definition) is 4. The number of aliphatic hydroxyl groups excluding tert-OH is 1. The van der Waals surface area contributed by atoms with Crippen molar-refractivity contribution in [3.63, 3.8) is 0 Å². The van der Waals surface area contributed by atoms with Crippen molar-refractivity contribution in [2.45, 2.75) is 18.6 Å². The first kappa shape index (κ1) is 12.9. The van der Waals surface area contributed by atoms with Crippen molar-refractivity contribution >= 4 is 11.9 Å². The zero-order valence-corrected chi connectivity index (χ0v) is 8.80. The number of carboxylic acid groups (broad SMARTS) is 2. The summed E-state index contributed by atoms with van der Waals surface area (Å²) in [5, 5.41) is 27.4. The number of aliphatic carboxylic acids is 2. The van der Waals surface area contributed by atoms with E-state index in [0.29, 0.717) is 6.04 Å². The summed E-state index contributed by atoms with van der Waals surface area (Å²) in [6.07, 6.45) is 0.900. The third kappa shape index (κ3) is 3.76. The Morgan fingerprint density at radius 3 is 2.38 bits per heavy atom. The molecule has 0 aromatic rings. The first-order chi connectivity index (χ1) is 7.50. The predicted molar refractivity (Wildman–Crippen MR) is 54.1 cm³/mol. The van der Waals surface area contributed by atoms with Crippen molar-refractivity contribution in [2.24, 2.45) is 0 Å². The summed E-state index contributed by atoms with van der Waals surface area (Å²) in [7, 11) is 0. The molecule has 4 N–H and O–H groups in total. The van der Waals surface area contributed by atoms with E-state index in [0.717, 1.165) is 32.6 Å². The van der Waals surface area contributed by atoms with Gasteiger partial charge in [0.15, 0.2) is 0 Å². The maximum atomic E-state index is 9.29. The van der Waals surface area contributed by atoms with Crippen molar-refractivity contribution in [1.82, 2.24) is 10.2 Å². The molecular weight excluding hydrogens is 216 g/mol. The van der Waals surface area contributed by atoms with E-state index in [1.165, 1.54) is 0 Å². The van der Waals surface area contributed by atoms with Crippen molar-refractivity contribution in [1.29, 1.82) is 0 Å². The second-order valence-corrected chi connectivity index (χ2v) is 3.85. The highest BCUT2D eigenvalue weighted by atomic mass is 16.4. The summed E-state index contributed by atoms with van der Waals surface area (Å²) in [6.45, 7) is 4.16. The van der Waals surface area contributed by atoms with E-state index >= 15 is 0 Å². The van der Waals surface area contributed by atoms with Gasteiger partial charge in [-0.3, -0.25) is 4.90 Å². The average Bonchev–Trinajstić information content (AvgIpc) is 2.58. The minimum absolute atomic E-state index is 0.0649. The number of hydrogen-bond acceptors (Lipinski definition) is 5. The average molecular weight is 232 g/mol. The van der Waals surface area contributed by atoms with Gasteiger partial charge in [-0.1, -0.05) is 0 Å². The summed E-state index contributed by atoms with van der Waals surface area (Å²) in [5.41, 5.74) is 0. The lowest BCUT2D eigenvalue weighted by Gasteiger charge is -2.29. The smallest absolute Gasteiger partial charge is 0.414 e. The fourth-order valence-corrected chi connectivity index (χ4v) is 1.94. The normalized spacial score (nSPS) is 28.8. The van der Waals surface area contributed by atoms with Crippen LogP contribution in [0.2, 0.25) is 0 Å². The zero-order valence-electron chi connectivity index (χ0n) is 8.80. The van der Waals surface area contributed by atoms with Crippen LogP contribution in [0.1, 0.15) is 6.42 Å². The molecule has 0 amide bonds. The van der Waals surface area contributed by atoms with Gasteiger partial charge in [-0.15, -0.1) is 0 Å². The maximum absolute atomic E-state index is 9.29. The molecule has 1 unspecified atom stereocenters. The Kier molecular flexibility index (Phi) is 4.66. The number of fused-ring (bicyclic) bond motifs is 1. The Morgan fingerprint density at radius 1 is 1.25 bits per heavy atom. The molecule has 0 aromatic heterocycles. The highest BCUT2D eigenvalue weighted by Crippen LogP contribution is 2.18. The minimum atomic E-state index is -1.82. The molecule has 16 heavy (non-hydrogen) atoms. The van der Waals surface area contributed by atoms with Crippen LogP contribution in [0.25, 0.3) is 0 Å². The van der Waals surface area contributed by atoms with Gasteiger partial charge >= 0.3 is 11.9 Å². The van der Waals surface area contributed by atoms with Crippen molar-refractivity contribution in [3.05, 3.63) is 0 Å². The van der Waals surface area contributed by atoms with Gasteiger partial charge in [0.25, 0.3) is 0 Å². The van der Waals surface area contributed by atoms with Crippen molar-refractivity contribution in [3.8, 4) is 0 Å². The molecular formula is C9H16N2O5. The highest BCUT2D eigenvalue weighted by molar-refractivity contribution is 6.27. The molecule has 2 rings (SSSR count). The number of nitrogens with zero attached hydrogens (tertiary/aromatic N) is 1. The lowest BCUT2D eigenvalue weighted by Crippen LogP contribution is -2.47. The largest absolute Gasteiger partial charge is 0.473 e. The van der Waals surface area contributed by atoms with E-state index in [9.17, 15) is 5.11 Å². The molecule has 7 heteroatoms. The lowest BCUT2D eigenvalue weighted by atomic mass is 10.2. The Labute approximate surface area is 92.7 Å². The predicted octanol–water partition coefficient (Wildman–Crippen LogP) is -1.82. The molecule has 2 aliphatic heterocycles. The second kappa shape index (κ2) is 5.78. The van der Waals surface area contributed by atoms with Crippen LogP contribution in [-0.4, -0.2) is 70.5 Å². The highest BCUT2D eigenvalue weighted by Gasteiger charge is 2.31. The SMILES string of the molecule is O=C(O)C(=O)O.O[C@@H]1CC2CNCCN2C1. The Bertz CT molecular complexity index is 245. The van der Waals surface area contributed by atoms with E-state index in [-0.39, 0.29) is 6.10 Å². The molecule has 0 aliphatic carbocycles. The van der Waals surface area contributed by atoms with Crippen LogP contribution in [0.4, 0.5) is 0 Å². The van der Waals surface area contributed by atoms with E-state index in [1.807, 2.05) is 0 Å². The van der Waals surface area contributed by atoms with Gasteiger partial charge in [0.05, 0.1) is 6.10 Å². The molecule has 2 aliphatic rings. The van der Waals surface area contributed by atoms with Crippen LogP contribution in [0, 0.1) is 0 Å². The number of rotatable bonds is 0. The molecule has 92 valence electrons. The number of carboxylic acids is 2. The van der Waals surface area contributed by atoms with Crippen LogP contribution >= 0.6 is 0 Å². The molecule has 7 nitrogen and oxygen atoms in total. The Balaban J connectivity index is 0.000000187. The van der Waals surface area contributed by atoms with Crippen LogP contribution in [0.3, 0.4) is 0 Å². The topological polar surface area (TPSA) is 110 Å². The van der Waals surface area contributed by atoms with Gasteiger partial charge in [-0.25, -0.2) is 9.59 Å². The van der Waals surface area contributed by atoms with Gasteiger partial charge in [0, 0.05) is 32.2 Å². The van der Waals surface area contributed by atoms with Crippen molar-refractivity contribution in [2.75, 3.05) is 26.2 Å². The fourth-order valence-electron chi connectivity index (χ4n) is 1.94. The molecule has 0 spiro atoms. The third-order valence-electron chi connectivity index (χ3n) is 2.64. The quantitative estimate of drug-likeness (QED) is 0.364. The maximum Gasteiger partial charge on any atom is 0.414 e. The standard InChI is InChI=1S/C7H14N2O.C2H2O4/c10-7-3-6-4-8-1-2-9(6)5-7;3-1(4)2(5)6/h6-8,10H,1-5H2;(H,3,4)(H,5,6)/t6?,7-;/m1./s1. The first-order valence-corrected chi connectivity index (χ1v) is 5.09. The second-order valence-electron chi connectivity index (χ2n) is 3.85. The van der Waals surface area contributed by atoms with Gasteiger partial charge in [-0.2, -0.15) is 0 Å². The molecule has 0 aromatic carbocycles. The van der Waals surface area contributed by atoms with Gasteiger partial charge in [0.2, 0.25) is 0 Å². The Hall–Kier alpha value is -1.18. The van der Waals surface area contributed by atoms with E-state index in [2.05, 4.69) is 10.2 Å². The monoisotopic (exact) mass is 232 g/mol. The summed E-state index contributed by atoms with van der Waals surface area (Å²) in [6, 6.07) is 0.615. The van der Waals surface area contributed by atoms with E-state index < -0.39 is 11.9 Å². The Morgan fingerprint density at radius 2 is 1.88 bits per heavy atom. The summed E-state index contributed by atoms with van der Waals surface area (Å²) in [4.78, 5) is 20.6. The lowest BCUT2D eigenvalue weighted by molar-refractivity contribution is -0.159. The van der Waals surface area contributed by atoms with Gasteiger partial charge in [-0.05, 0) is 6.42 Å². The van der Waals surface area contributed by atoms with Crippen LogP contribution in [-0.2, 0) is 9.59 Å². The summed E-state index contributed by atoms with van der Waals surface area (Å²) in [5.74, 6) is -3.65. The molecule has 0 radical (unpaired) electrons. The zero-order chi connectivity index (χ0) is 12.1. The van der Waals surface area contributed by atoms with Gasteiger partial charge in [0.1, 0.15) is 0 Å². The van der Waals surface area contributed by atoms with E-state index in [4.69, 9.17) is 19.8 Å². The van der Waals surface area contributed by atoms with Crippen LogP contribution in [0.5, 0.6) is 0 Å². The van der Waals surface area contributed by atoms with Crippen LogP contribution < -0.4 is 5.32 Å². The molecule has 0 bridgehead atoms. The summed E-state index contributed by atoms with van der Waals surface area (Å²) >= 11 is 0. The molecule has 2 heterocycles. The fraction of sp³-hybridized carbons (Fsp3) is 0.778. The van der Waals surface area contributed by atoms with Crippen LogP contribution in [0.15, 0.2) is 0 Å². The molecule has 2 fully saturated rings. The summed E-state index contributed by atoms with van der Waals surface area (Å²) < 4.78 is 0. The molecule has 2 atom stereocenters. The first-order valence-electron chi connectivity index (χ1n) is 5.09. The minimum Gasteiger partial charge on any atom is -0.473 e.